The summed E-state index contributed by atoms with van der Waals surface area (Å²) in [5.41, 5.74) is 4.04. The maximum absolute atomic E-state index is 12.2. The highest BCUT2D eigenvalue weighted by Gasteiger charge is 2.19. The highest BCUT2D eigenvalue weighted by molar-refractivity contribution is 5.75. The molecule has 3 rings (SSSR count). The Balaban J connectivity index is 1.58. The summed E-state index contributed by atoms with van der Waals surface area (Å²) in [6.45, 7) is 1.54. The van der Waals surface area contributed by atoms with Crippen molar-refractivity contribution in [3.8, 4) is 0 Å². The van der Waals surface area contributed by atoms with Crippen LogP contribution in [0.25, 0.3) is 0 Å². The molecule has 1 saturated carbocycles. The number of benzene rings is 1. The van der Waals surface area contributed by atoms with Gasteiger partial charge in [-0.1, -0.05) is 36.3 Å². The first kappa shape index (κ1) is 13.2. The summed E-state index contributed by atoms with van der Waals surface area (Å²) in [4.78, 5) is 14.1. The summed E-state index contributed by atoms with van der Waals surface area (Å²) in [7, 11) is 0. The molecule has 3 heteroatoms. The lowest BCUT2D eigenvalue weighted by Gasteiger charge is -2.28. The number of carbonyl (C=O) groups excluding carboxylic acids is 1. The van der Waals surface area contributed by atoms with E-state index in [2.05, 4.69) is 23.5 Å². The van der Waals surface area contributed by atoms with Gasteiger partial charge in [0.1, 0.15) is 0 Å². The summed E-state index contributed by atoms with van der Waals surface area (Å²) in [6.07, 6.45) is 9.04. The Morgan fingerprint density at radius 2 is 1.80 bits per heavy atom. The van der Waals surface area contributed by atoms with Gasteiger partial charge in [0.2, 0.25) is 0 Å². The molecule has 1 aromatic carbocycles. The second kappa shape index (κ2) is 6.12. The van der Waals surface area contributed by atoms with Gasteiger partial charge in [-0.2, -0.15) is 0 Å². The average molecular weight is 270 g/mol. The van der Waals surface area contributed by atoms with Crippen molar-refractivity contribution in [1.29, 1.82) is 0 Å². The Bertz CT molecular complexity index is 513. The number of hydrogen-bond acceptors (Lipinski definition) is 1. The smallest absolute Gasteiger partial charge is 0.320 e. The first-order chi connectivity index (χ1) is 9.83. The van der Waals surface area contributed by atoms with Crippen molar-refractivity contribution >= 4 is 6.03 Å². The van der Waals surface area contributed by atoms with Crippen LogP contribution in [0.4, 0.5) is 4.79 Å². The molecule has 0 radical (unpaired) electrons. The molecule has 1 N–H and O–H groups in total. The van der Waals surface area contributed by atoms with Crippen molar-refractivity contribution in [3.63, 3.8) is 0 Å². The van der Waals surface area contributed by atoms with Crippen LogP contribution in [0.15, 0.2) is 36.0 Å². The monoisotopic (exact) mass is 270 g/mol. The number of carbonyl (C=O) groups is 1. The zero-order valence-electron chi connectivity index (χ0n) is 11.9. The zero-order chi connectivity index (χ0) is 13.8. The molecule has 0 spiro atoms. The van der Waals surface area contributed by atoms with Crippen molar-refractivity contribution in [2.24, 2.45) is 0 Å². The molecule has 106 valence electrons. The second-order valence-electron chi connectivity index (χ2n) is 5.75. The van der Waals surface area contributed by atoms with Gasteiger partial charge in [0, 0.05) is 19.3 Å². The van der Waals surface area contributed by atoms with Crippen LogP contribution in [0.5, 0.6) is 0 Å². The minimum Gasteiger partial charge on any atom is -0.320 e. The highest BCUT2D eigenvalue weighted by Crippen LogP contribution is 2.22. The molecule has 1 aromatic rings. The molecular formula is C17H22N2O. The maximum atomic E-state index is 12.2. The highest BCUT2D eigenvalue weighted by atomic mass is 16.2. The van der Waals surface area contributed by atoms with E-state index in [1.165, 1.54) is 36.0 Å². The number of nitrogens with one attached hydrogen (secondary N) is 1. The van der Waals surface area contributed by atoms with E-state index < -0.39 is 0 Å². The van der Waals surface area contributed by atoms with Crippen molar-refractivity contribution < 1.29 is 4.79 Å². The molecule has 3 nitrogen and oxygen atoms in total. The number of amides is 2. The first-order valence-corrected chi connectivity index (χ1v) is 7.63. The third-order valence-electron chi connectivity index (χ3n) is 4.31. The number of nitrogens with zero attached hydrogens (tertiary/aromatic N) is 1. The molecule has 2 aliphatic rings. The van der Waals surface area contributed by atoms with E-state index in [9.17, 15) is 4.79 Å². The predicted molar refractivity (Wildman–Crippen MR) is 80.3 cm³/mol. The van der Waals surface area contributed by atoms with E-state index in [0.717, 1.165) is 32.4 Å². The van der Waals surface area contributed by atoms with E-state index in [0.29, 0.717) is 0 Å². The van der Waals surface area contributed by atoms with Crippen LogP contribution in [-0.2, 0) is 13.0 Å². The third kappa shape index (κ3) is 3.03. The number of hydrogen-bond donors (Lipinski definition) is 1. The SMILES string of the molecule is O=C(NC=C1CCCCC1)N1CCc2ccccc2C1. The quantitative estimate of drug-likeness (QED) is 0.830. The molecule has 0 aromatic heterocycles. The molecule has 0 unspecified atom stereocenters. The summed E-state index contributed by atoms with van der Waals surface area (Å²) in [6, 6.07) is 8.44. The third-order valence-corrected chi connectivity index (χ3v) is 4.31. The summed E-state index contributed by atoms with van der Waals surface area (Å²) >= 11 is 0. The van der Waals surface area contributed by atoms with Gasteiger partial charge in [0.05, 0.1) is 0 Å². The van der Waals surface area contributed by atoms with Gasteiger partial charge in [-0.05, 0) is 43.2 Å². The Morgan fingerprint density at radius 3 is 2.60 bits per heavy atom. The molecule has 0 atom stereocenters. The molecule has 0 saturated heterocycles. The lowest BCUT2D eigenvalue weighted by atomic mass is 9.96. The maximum Gasteiger partial charge on any atom is 0.321 e. The van der Waals surface area contributed by atoms with Gasteiger partial charge >= 0.3 is 6.03 Å². The van der Waals surface area contributed by atoms with Crippen LogP contribution in [0.1, 0.15) is 43.2 Å². The Morgan fingerprint density at radius 1 is 1.05 bits per heavy atom. The first-order valence-electron chi connectivity index (χ1n) is 7.63. The van der Waals surface area contributed by atoms with Gasteiger partial charge in [0.25, 0.3) is 0 Å². The van der Waals surface area contributed by atoms with Gasteiger partial charge in [-0.15, -0.1) is 0 Å². The molecule has 20 heavy (non-hydrogen) atoms. The van der Waals surface area contributed by atoms with E-state index in [1.807, 2.05) is 17.2 Å². The fourth-order valence-corrected chi connectivity index (χ4v) is 3.07. The van der Waals surface area contributed by atoms with Crippen LogP contribution in [0.2, 0.25) is 0 Å². The van der Waals surface area contributed by atoms with Crippen LogP contribution in [0, 0.1) is 0 Å². The van der Waals surface area contributed by atoms with Crippen LogP contribution < -0.4 is 5.32 Å². The number of urea groups is 1. The topological polar surface area (TPSA) is 32.3 Å². The number of fused-ring (bicyclic) bond motifs is 1. The Hall–Kier alpha value is -1.77. The average Bonchev–Trinajstić information content (AvgIpc) is 2.53. The Labute approximate surface area is 120 Å². The van der Waals surface area contributed by atoms with E-state index in [4.69, 9.17) is 0 Å². The van der Waals surface area contributed by atoms with Crippen molar-refractivity contribution in [2.75, 3.05) is 6.54 Å². The van der Waals surface area contributed by atoms with Crippen LogP contribution in [0.3, 0.4) is 0 Å². The van der Waals surface area contributed by atoms with Crippen molar-refractivity contribution in [3.05, 3.63) is 47.2 Å². The molecule has 2 amide bonds. The van der Waals surface area contributed by atoms with Gasteiger partial charge < -0.3 is 10.2 Å². The molecular weight excluding hydrogens is 248 g/mol. The van der Waals surface area contributed by atoms with Crippen molar-refractivity contribution in [2.45, 2.75) is 45.1 Å². The fourth-order valence-electron chi connectivity index (χ4n) is 3.07. The van der Waals surface area contributed by atoms with Crippen LogP contribution >= 0.6 is 0 Å². The van der Waals surface area contributed by atoms with E-state index in [1.54, 1.807) is 0 Å². The molecule has 0 bridgehead atoms. The molecule has 1 heterocycles. The molecule has 1 fully saturated rings. The fraction of sp³-hybridized carbons (Fsp3) is 0.471. The van der Waals surface area contributed by atoms with Crippen LogP contribution in [-0.4, -0.2) is 17.5 Å². The predicted octanol–water partition coefficient (Wildman–Crippen LogP) is 3.60. The lowest BCUT2D eigenvalue weighted by Crippen LogP contribution is -2.41. The molecule has 1 aliphatic heterocycles. The lowest BCUT2D eigenvalue weighted by molar-refractivity contribution is 0.196. The summed E-state index contributed by atoms with van der Waals surface area (Å²) in [5.74, 6) is 0. The largest absolute Gasteiger partial charge is 0.321 e. The van der Waals surface area contributed by atoms with E-state index >= 15 is 0 Å². The normalized spacial score (nSPS) is 18.4. The summed E-state index contributed by atoms with van der Waals surface area (Å²) < 4.78 is 0. The minimum absolute atomic E-state index is 0.0394. The minimum atomic E-state index is 0.0394. The van der Waals surface area contributed by atoms with Gasteiger partial charge in [-0.25, -0.2) is 4.79 Å². The molecule has 1 aliphatic carbocycles. The number of allylic oxidation sites excluding steroid dienone is 1. The second-order valence-corrected chi connectivity index (χ2v) is 5.75. The standard InChI is InChI=1S/C17H22N2O/c20-17(18-12-14-6-2-1-3-7-14)19-11-10-15-8-4-5-9-16(15)13-19/h4-5,8-9,12H,1-3,6-7,10-11,13H2,(H,18,20). The number of rotatable bonds is 1. The van der Waals surface area contributed by atoms with Crippen molar-refractivity contribution in [1.82, 2.24) is 10.2 Å². The summed E-state index contributed by atoms with van der Waals surface area (Å²) in [5, 5.41) is 2.98. The zero-order valence-corrected chi connectivity index (χ0v) is 11.9. The van der Waals surface area contributed by atoms with Gasteiger partial charge in [0.15, 0.2) is 0 Å². The van der Waals surface area contributed by atoms with E-state index in [-0.39, 0.29) is 6.03 Å². The van der Waals surface area contributed by atoms with Gasteiger partial charge in [-0.3, -0.25) is 0 Å². The Kier molecular flexibility index (Phi) is 4.05.